The van der Waals surface area contributed by atoms with Crippen molar-refractivity contribution in [2.75, 3.05) is 13.2 Å². The first-order valence-corrected chi connectivity index (χ1v) is 5.80. The van der Waals surface area contributed by atoms with Crippen molar-refractivity contribution in [2.45, 2.75) is 26.4 Å². The molecule has 0 fully saturated rings. The zero-order chi connectivity index (χ0) is 11.3. The smallest absolute Gasteiger partial charge is 0.207 e. The second-order valence-electron chi connectivity index (χ2n) is 3.45. The van der Waals surface area contributed by atoms with Crippen molar-refractivity contribution in [1.82, 2.24) is 4.98 Å². The Balaban J connectivity index is 2.50. The van der Waals surface area contributed by atoms with Gasteiger partial charge in [0.15, 0.2) is 0 Å². The molecule has 0 saturated carbocycles. The van der Waals surface area contributed by atoms with Gasteiger partial charge in [0.1, 0.15) is 12.3 Å². The average Bonchev–Trinajstić information content (AvgIpc) is 2.63. The van der Waals surface area contributed by atoms with Crippen LogP contribution in [0, 0.1) is 0 Å². The summed E-state index contributed by atoms with van der Waals surface area (Å²) >= 11 is 1.47. The first-order chi connectivity index (χ1) is 7.13. The molecule has 1 rings (SSSR count). The molecule has 0 spiro atoms. The Morgan fingerprint density at radius 3 is 3.00 bits per heavy atom. The number of nitrogens with zero attached hydrogens (tertiary/aromatic N) is 1. The van der Waals surface area contributed by atoms with Gasteiger partial charge in [-0.25, -0.2) is 4.98 Å². The van der Waals surface area contributed by atoms with Crippen LogP contribution in [0.1, 0.15) is 29.3 Å². The SMILES string of the molecule is CC(C)OCC(=O)c1csc(CCN)n1. The first kappa shape index (κ1) is 12.3. The third-order valence-corrected chi connectivity index (χ3v) is 2.65. The van der Waals surface area contributed by atoms with Crippen molar-refractivity contribution in [2.24, 2.45) is 5.73 Å². The molecule has 0 saturated heterocycles. The van der Waals surface area contributed by atoms with Crippen LogP contribution in [0.15, 0.2) is 5.38 Å². The molecule has 0 aromatic carbocycles. The fraction of sp³-hybridized carbons (Fsp3) is 0.600. The van der Waals surface area contributed by atoms with Gasteiger partial charge in [-0.3, -0.25) is 4.79 Å². The van der Waals surface area contributed by atoms with Gasteiger partial charge in [-0.15, -0.1) is 11.3 Å². The van der Waals surface area contributed by atoms with E-state index in [-0.39, 0.29) is 18.5 Å². The molecule has 2 N–H and O–H groups in total. The minimum Gasteiger partial charge on any atom is -0.371 e. The number of thiazole rings is 1. The summed E-state index contributed by atoms with van der Waals surface area (Å²) in [4.78, 5) is 15.7. The molecule has 15 heavy (non-hydrogen) atoms. The Bertz CT molecular complexity index is 323. The number of rotatable bonds is 6. The highest BCUT2D eigenvalue weighted by molar-refractivity contribution is 7.09. The molecule has 84 valence electrons. The van der Waals surface area contributed by atoms with Gasteiger partial charge < -0.3 is 10.5 Å². The number of aromatic nitrogens is 1. The van der Waals surface area contributed by atoms with E-state index in [4.69, 9.17) is 10.5 Å². The number of ketones is 1. The summed E-state index contributed by atoms with van der Waals surface area (Å²) in [5.74, 6) is -0.0665. The van der Waals surface area contributed by atoms with Crippen LogP contribution in [0.5, 0.6) is 0 Å². The fourth-order valence-electron chi connectivity index (χ4n) is 0.994. The van der Waals surface area contributed by atoms with Gasteiger partial charge in [0.2, 0.25) is 5.78 Å². The Kier molecular flexibility index (Phi) is 4.87. The van der Waals surface area contributed by atoms with Crippen molar-refractivity contribution in [3.8, 4) is 0 Å². The highest BCUT2D eigenvalue weighted by Crippen LogP contribution is 2.10. The van der Waals surface area contributed by atoms with Crippen LogP contribution in [-0.4, -0.2) is 30.0 Å². The van der Waals surface area contributed by atoms with E-state index in [0.29, 0.717) is 12.2 Å². The maximum atomic E-state index is 11.6. The third-order valence-electron chi connectivity index (χ3n) is 1.74. The number of carbonyl (C=O) groups excluding carboxylic acids is 1. The predicted octanol–water partition coefficient (Wildman–Crippen LogP) is 1.25. The van der Waals surface area contributed by atoms with E-state index in [1.807, 2.05) is 13.8 Å². The summed E-state index contributed by atoms with van der Waals surface area (Å²) in [6.45, 7) is 4.45. The number of nitrogens with two attached hydrogens (primary N) is 1. The molecule has 5 heteroatoms. The Morgan fingerprint density at radius 1 is 1.67 bits per heavy atom. The molecule has 0 radical (unpaired) electrons. The second kappa shape index (κ2) is 5.95. The highest BCUT2D eigenvalue weighted by atomic mass is 32.1. The monoisotopic (exact) mass is 228 g/mol. The zero-order valence-corrected chi connectivity index (χ0v) is 9.84. The molecule has 0 bridgehead atoms. The minimum atomic E-state index is -0.0665. The van der Waals surface area contributed by atoms with Crippen molar-refractivity contribution in [3.63, 3.8) is 0 Å². The summed E-state index contributed by atoms with van der Waals surface area (Å²) in [6.07, 6.45) is 0.791. The van der Waals surface area contributed by atoms with E-state index in [1.54, 1.807) is 5.38 Å². The number of Topliss-reactive ketones (excluding diaryl/α,β-unsaturated/α-hetero) is 1. The maximum absolute atomic E-state index is 11.6. The van der Waals surface area contributed by atoms with Gasteiger partial charge in [0.05, 0.1) is 11.1 Å². The summed E-state index contributed by atoms with van der Waals surface area (Å²) in [7, 11) is 0. The van der Waals surface area contributed by atoms with Crippen LogP contribution in [0.3, 0.4) is 0 Å². The molecular weight excluding hydrogens is 212 g/mol. The molecule has 0 unspecified atom stereocenters. The van der Waals surface area contributed by atoms with Crippen LogP contribution >= 0.6 is 11.3 Å². The van der Waals surface area contributed by atoms with Crippen molar-refractivity contribution in [1.29, 1.82) is 0 Å². The molecule has 0 aliphatic rings. The normalized spacial score (nSPS) is 10.9. The topological polar surface area (TPSA) is 65.2 Å². The van der Waals surface area contributed by atoms with Crippen molar-refractivity contribution < 1.29 is 9.53 Å². The maximum Gasteiger partial charge on any atom is 0.207 e. The highest BCUT2D eigenvalue weighted by Gasteiger charge is 2.11. The van der Waals surface area contributed by atoms with E-state index in [1.165, 1.54) is 11.3 Å². The average molecular weight is 228 g/mol. The summed E-state index contributed by atoms with van der Waals surface area (Å²) < 4.78 is 5.22. The molecule has 4 nitrogen and oxygen atoms in total. The molecule has 0 atom stereocenters. The molecular formula is C10H16N2O2S. The minimum absolute atomic E-state index is 0.0658. The quantitative estimate of drug-likeness (QED) is 0.744. The summed E-state index contributed by atoms with van der Waals surface area (Å²) in [5.41, 5.74) is 5.89. The molecule has 1 aromatic heterocycles. The van der Waals surface area contributed by atoms with E-state index in [9.17, 15) is 4.79 Å². The third kappa shape index (κ3) is 4.07. The van der Waals surface area contributed by atoms with Crippen LogP contribution < -0.4 is 5.73 Å². The van der Waals surface area contributed by atoms with Gasteiger partial charge in [-0.1, -0.05) is 0 Å². The van der Waals surface area contributed by atoms with E-state index in [0.717, 1.165) is 11.4 Å². The predicted molar refractivity (Wildman–Crippen MR) is 60.3 cm³/mol. The van der Waals surface area contributed by atoms with Crippen molar-refractivity contribution in [3.05, 3.63) is 16.1 Å². The number of hydrogen-bond donors (Lipinski definition) is 1. The van der Waals surface area contributed by atoms with Gasteiger partial charge in [0.25, 0.3) is 0 Å². The van der Waals surface area contributed by atoms with E-state index in [2.05, 4.69) is 4.98 Å². The Labute approximate surface area is 93.5 Å². The van der Waals surface area contributed by atoms with Crippen LogP contribution in [-0.2, 0) is 11.2 Å². The molecule has 1 heterocycles. The molecule has 0 aliphatic heterocycles. The largest absolute Gasteiger partial charge is 0.371 e. The number of ether oxygens (including phenoxy) is 1. The fourth-order valence-corrected chi connectivity index (χ4v) is 1.81. The Hall–Kier alpha value is -0.780. The molecule has 0 aliphatic carbocycles. The van der Waals surface area contributed by atoms with E-state index >= 15 is 0 Å². The molecule has 1 aromatic rings. The lowest BCUT2D eigenvalue weighted by atomic mass is 10.3. The first-order valence-electron chi connectivity index (χ1n) is 4.92. The second-order valence-corrected chi connectivity index (χ2v) is 4.39. The van der Waals surface area contributed by atoms with Gasteiger partial charge in [-0.2, -0.15) is 0 Å². The van der Waals surface area contributed by atoms with Crippen LogP contribution in [0.25, 0.3) is 0 Å². The Morgan fingerprint density at radius 2 is 2.40 bits per heavy atom. The summed E-state index contributed by atoms with van der Waals surface area (Å²) in [6, 6.07) is 0. The van der Waals surface area contributed by atoms with Crippen LogP contribution in [0.4, 0.5) is 0 Å². The number of carbonyl (C=O) groups is 1. The van der Waals surface area contributed by atoms with Crippen LogP contribution in [0.2, 0.25) is 0 Å². The lowest BCUT2D eigenvalue weighted by Gasteiger charge is -2.04. The summed E-state index contributed by atoms with van der Waals surface area (Å²) in [5, 5.41) is 2.67. The van der Waals surface area contributed by atoms with Crippen molar-refractivity contribution >= 4 is 17.1 Å². The lowest BCUT2D eigenvalue weighted by molar-refractivity contribution is 0.0581. The van der Waals surface area contributed by atoms with E-state index < -0.39 is 0 Å². The lowest BCUT2D eigenvalue weighted by Crippen LogP contribution is -2.14. The molecule has 0 amide bonds. The van der Waals surface area contributed by atoms with Gasteiger partial charge >= 0.3 is 0 Å². The van der Waals surface area contributed by atoms with Gasteiger partial charge in [-0.05, 0) is 20.4 Å². The number of hydrogen-bond acceptors (Lipinski definition) is 5. The standard InChI is InChI=1S/C10H16N2O2S/c1-7(2)14-5-9(13)8-6-15-10(12-8)3-4-11/h6-7H,3-5,11H2,1-2H3. The van der Waals surface area contributed by atoms with Gasteiger partial charge in [0, 0.05) is 11.8 Å². The zero-order valence-electron chi connectivity index (χ0n) is 9.03.